The first-order valence-corrected chi connectivity index (χ1v) is 7.14. The lowest BCUT2D eigenvalue weighted by Crippen LogP contribution is -2.46. The largest absolute Gasteiger partial charge is 0.322 e. The number of carbonyl (C=O) groups excluding carboxylic acids is 1. The molecule has 1 amide bonds. The summed E-state index contributed by atoms with van der Waals surface area (Å²) in [6.07, 6.45) is -0.686. The van der Waals surface area contributed by atoms with Crippen LogP contribution in [0.2, 0.25) is 0 Å². The number of rotatable bonds is 3. The summed E-state index contributed by atoms with van der Waals surface area (Å²) >= 11 is 3.33. The van der Waals surface area contributed by atoms with E-state index in [0.29, 0.717) is 6.42 Å². The highest BCUT2D eigenvalue weighted by molar-refractivity contribution is 9.10. The normalized spacial score (nSPS) is 23.4. The summed E-state index contributed by atoms with van der Waals surface area (Å²) in [5.41, 5.74) is 6.82. The Bertz CT molecular complexity index is 528. The molecule has 1 heterocycles. The zero-order valence-electron chi connectivity index (χ0n) is 10.8. The monoisotopic (exact) mass is 339 g/mol. The van der Waals surface area contributed by atoms with E-state index in [2.05, 4.69) is 15.9 Å². The fourth-order valence-corrected chi connectivity index (χ4v) is 2.59. The summed E-state index contributed by atoms with van der Waals surface area (Å²) in [6.45, 7) is -0.0366. The number of nitrogens with two attached hydrogens (primary N) is 1. The Kier molecular flexibility index (Phi) is 4.73. The first-order valence-electron chi connectivity index (χ1n) is 6.35. The van der Waals surface area contributed by atoms with E-state index in [-0.39, 0.29) is 18.9 Å². The molecule has 106 valence electrons. The smallest absolute Gasteiger partial charge is 0.241 e. The summed E-state index contributed by atoms with van der Waals surface area (Å²) in [6, 6.07) is 8.00. The Morgan fingerprint density at radius 1 is 1.55 bits per heavy atom. The van der Waals surface area contributed by atoms with Gasteiger partial charge >= 0.3 is 0 Å². The molecule has 20 heavy (non-hydrogen) atoms. The lowest BCUT2D eigenvalue weighted by atomic mass is 10.1. The van der Waals surface area contributed by atoms with E-state index in [9.17, 15) is 9.18 Å². The second-order valence-corrected chi connectivity index (χ2v) is 5.82. The van der Waals surface area contributed by atoms with Crippen LogP contribution in [0.25, 0.3) is 0 Å². The van der Waals surface area contributed by atoms with Crippen molar-refractivity contribution in [3.8, 4) is 6.07 Å². The molecule has 4 nitrogen and oxygen atoms in total. The predicted molar refractivity (Wildman–Crippen MR) is 76.4 cm³/mol. The third kappa shape index (κ3) is 3.35. The van der Waals surface area contributed by atoms with Crippen molar-refractivity contribution in [2.75, 3.05) is 6.54 Å². The molecule has 0 unspecified atom stereocenters. The fraction of sp³-hybridized carbons (Fsp3) is 0.429. The van der Waals surface area contributed by atoms with Gasteiger partial charge in [0.05, 0.1) is 18.7 Å². The zero-order chi connectivity index (χ0) is 14.7. The van der Waals surface area contributed by atoms with Crippen LogP contribution in [0, 0.1) is 11.3 Å². The number of nitriles is 1. The molecule has 1 aliphatic rings. The van der Waals surface area contributed by atoms with Gasteiger partial charge in [-0.2, -0.15) is 5.26 Å². The van der Waals surface area contributed by atoms with E-state index in [1.54, 1.807) is 0 Å². The molecule has 0 aliphatic carbocycles. The van der Waals surface area contributed by atoms with Crippen LogP contribution in [0.3, 0.4) is 0 Å². The standard InChI is InChI=1S/C14H15BrFN3O/c15-10-3-1-9(2-4-10)5-13(18)14(20)19-8-11(16)6-12(19)7-17/h1-4,11-13H,5-6,8,18H2/t11-,12-,13-/m0/s1. The van der Waals surface area contributed by atoms with Crippen molar-refractivity contribution >= 4 is 21.8 Å². The van der Waals surface area contributed by atoms with Crippen molar-refractivity contribution in [3.05, 3.63) is 34.3 Å². The quantitative estimate of drug-likeness (QED) is 0.912. The van der Waals surface area contributed by atoms with Crippen LogP contribution in [0.5, 0.6) is 0 Å². The van der Waals surface area contributed by atoms with E-state index < -0.39 is 18.3 Å². The summed E-state index contributed by atoms with van der Waals surface area (Å²) in [7, 11) is 0. The Balaban J connectivity index is 2.02. The number of halogens is 2. The molecular weight excluding hydrogens is 325 g/mol. The minimum absolute atomic E-state index is 0.0366. The second-order valence-electron chi connectivity index (χ2n) is 4.91. The first kappa shape index (κ1) is 14.9. The molecular formula is C14H15BrFN3O. The third-order valence-corrected chi connectivity index (χ3v) is 3.90. The number of alkyl halides is 1. The van der Waals surface area contributed by atoms with Gasteiger partial charge in [0.1, 0.15) is 12.2 Å². The van der Waals surface area contributed by atoms with Gasteiger partial charge in [-0.05, 0) is 24.1 Å². The number of hydrogen-bond donors (Lipinski definition) is 1. The highest BCUT2D eigenvalue weighted by Crippen LogP contribution is 2.21. The molecule has 6 heteroatoms. The number of benzene rings is 1. The molecule has 0 spiro atoms. The SMILES string of the molecule is N#C[C@@H]1C[C@H](F)CN1C(=O)[C@@H](N)Cc1ccc(Br)cc1. The molecule has 0 saturated carbocycles. The minimum atomic E-state index is -1.14. The van der Waals surface area contributed by atoms with Crippen LogP contribution >= 0.6 is 15.9 Å². The maximum atomic E-state index is 13.3. The summed E-state index contributed by atoms with van der Waals surface area (Å²) in [5.74, 6) is -0.361. The molecule has 2 rings (SSSR count). The van der Waals surface area contributed by atoms with Crippen LogP contribution in [0.15, 0.2) is 28.7 Å². The topological polar surface area (TPSA) is 70.1 Å². The Morgan fingerprint density at radius 3 is 2.80 bits per heavy atom. The van der Waals surface area contributed by atoms with Crippen molar-refractivity contribution in [1.29, 1.82) is 5.26 Å². The van der Waals surface area contributed by atoms with Crippen molar-refractivity contribution in [1.82, 2.24) is 4.90 Å². The van der Waals surface area contributed by atoms with Crippen molar-refractivity contribution < 1.29 is 9.18 Å². The Labute approximate surface area is 125 Å². The average molecular weight is 340 g/mol. The summed E-state index contributed by atoms with van der Waals surface area (Å²) < 4.78 is 14.3. The van der Waals surface area contributed by atoms with Crippen LogP contribution in [-0.4, -0.2) is 35.6 Å². The number of amides is 1. The average Bonchev–Trinajstić information content (AvgIpc) is 2.81. The molecule has 0 aromatic heterocycles. The second kappa shape index (κ2) is 6.33. The molecule has 1 aromatic rings. The predicted octanol–water partition coefficient (Wildman–Crippen LogP) is 1.78. The Hall–Kier alpha value is -1.45. The lowest BCUT2D eigenvalue weighted by molar-refractivity contribution is -0.132. The van der Waals surface area contributed by atoms with Gasteiger partial charge in [-0.15, -0.1) is 0 Å². The van der Waals surface area contributed by atoms with E-state index in [1.807, 2.05) is 30.3 Å². The molecule has 1 aliphatic heterocycles. The molecule has 0 radical (unpaired) electrons. The third-order valence-electron chi connectivity index (χ3n) is 3.37. The molecule has 2 N–H and O–H groups in total. The molecule has 3 atom stereocenters. The van der Waals surface area contributed by atoms with Crippen molar-refractivity contribution in [2.24, 2.45) is 5.73 Å². The van der Waals surface area contributed by atoms with Gasteiger partial charge in [0, 0.05) is 10.9 Å². The van der Waals surface area contributed by atoms with E-state index in [1.165, 1.54) is 4.90 Å². The van der Waals surface area contributed by atoms with Gasteiger partial charge in [-0.3, -0.25) is 4.79 Å². The molecule has 0 bridgehead atoms. The van der Waals surface area contributed by atoms with Gasteiger partial charge in [0.25, 0.3) is 0 Å². The Morgan fingerprint density at radius 2 is 2.20 bits per heavy atom. The maximum Gasteiger partial charge on any atom is 0.241 e. The fourth-order valence-electron chi connectivity index (χ4n) is 2.33. The van der Waals surface area contributed by atoms with Crippen LogP contribution in [0.4, 0.5) is 4.39 Å². The van der Waals surface area contributed by atoms with Gasteiger partial charge in [0.15, 0.2) is 0 Å². The molecule has 1 fully saturated rings. The summed E-state index contributed by atoms with van der Waals surface area (Å²) in [4.78, 5) is 13.5. The van der Waals surface area contributed by atoms with Crippen molar-refractivity contribution in [3.63, 3.8) is 0 Å². The van der Waals surface area contributed by atoms with E-state index in [0.717, 1.165) is 10.0 Å². The van der Waals surface area contributed by atoms with Gasteiger partial charge < -0.3 is 10.6 Å². The van der Waals surface area contributed by atoms with Gasteiger partial charge in [-0.1, -0.05) is 28.1 Å². The molecule has 1 aromatic carbocycles. The number of likely N-dealkylation sites (tertiary alicyclic amines) is 1. The zero-order valence-corrected chi connectivity index (χ0v) is 12.4. The van der Waals surface area contributed by atoms with Gasteiger partial charge in [-0.25, -0.2) is 4.39 Å². The van der Waals surface area contributed by atoms with E-state index >= 15 is 0 Å². The van der Waals surface area contributed by atoms with Crippen LogP contribution in [0.1, 0.15) is 12.0 Å². The number of nitrogens with zero attached hydrogens (tertiary/aromatic N) is 2. The lowest BCUT2D eigenvalue weighted by Gasteiger charge is -2.23. The first-order chi connectivity index (χ1) is 9.51. The van der Waals surface area contributed by atoms with Crippen LogP contribution in [-0.2, 0) is 11.2 Å². The number of carbonyl (C=O) groups is 1. The minimum Gasteiger partial charge on any atom is -0.322 e. The maximum absolute atomic E-state index is 13.3. The molecule has 1 saturated heterocycles. The highest BCUT2D eigenvalue weighted by atomic mass is 79.9. The summed E-state index contributed by atoms with van der Waals surface area (Å²) in [5, 5.41) is 8.95. The van der Waals surface area contributed by atoms with Crippen LogP contribution < -0.4 is 5.73 Å². The van der Waals surface area contributed by atoms with Crippen molar-refractivity contribution in [2.45, 2.75) is 31.1 Å². The van der Waals surface area contributed by atoms with E-state index in [4.69, 9.17) is 11.0 Å². The highest BCUT2D eigenvalue weighted by Gasteiger charge is 2.37. The number of hydrogen-bond acceptors (Lipinski definition) is 3. The van der Waals surface area contributed by atoms with Gasteiger partial charge in [0.2, 0.25) is 5.91 Å².